The van der Waals surface area contributed by atoms with Crippen LogP contribution in [0.15, 0.2) is 241 Å². The Bertz CT molecular complexity index is 3640. The summed E-state index contributed by atoms with van der Waals surface area (Å²) in [4.78, 5) is 2.39. The van der Waals surface area contributed by atoms with E-state index in [1.807, 2.05) is 6.07 Å². The number of furan rings is 1. The molecular formula is C60H39NO. The smallest absolute Gasteiger partial charge is 0.136 e. The summed E-state index contributed by atoms with van der Waals surface area (Å²) in [5.41, 5.74) is 14.5. The van der Waals surface area contributed by atoms with Crippen LogP contribution in [-0.2, 0) is 0 Å². The molecule has 0 atom stereocenters. The topological polar surface area (TPSA) is 16.4 Å². The SMILES string of the molecule is c1ccc(-c2cccc(N(c3ccc(-c4cc5ccccc5c5ccccc45)cc3)c3cccc(-c4ccccc4-c4ccc5ccc6oc7ccccc7c6c5c4)c3)c2)cc1. The normalized spacial score (nSPS) is 11.5. The maximum atomic E-state index is 6.30. The molecule has 0 aliphatic carbocycles. The second kappa shape index (κ2) is 14.8. The molecule has 0 N–H and O–H groups in total. The summed E-state index contributed by atoms with van der Waals surface area (Å²) in [6, 6.07) is 85.6. The molecule has 0 spiro atoms. The van der Waals surface area contributed by atoms with Crippen molar-refractivity contribution < 1.29 is 4.42 Å². The van der Waals surface area contributed by atoms with Gasteiger partial charge in [-0.05, 0) is 137 Å². The van der Waals surface area contributed by atoms with Crippen LogP contribution in [0.4, 0.5) is 17.1 Å². The maximum absolute atomic E-state index is 6.30. The number of benzene rings is 11. The Morgan fingerprint density at radius 3 is 1.63 bits per heavy atom. The second-order valence-electron chi connectivity index (χ2n) is 16.1. The Hall–Kier alpha value is -8.20. The predicted octanol–water partition coefficient (Wildman–Crippen LogP) is 17.2. The third kappa shape index (κ3) is 6.12. The maximum Gasteiger partial charge on any atom is 0.136 e. The van der Waals surface area contributed by atoms with Crippen LogP contribution in [0.2, 0.25) is 0 Å². The van der Waals surface area contributed by atoms with Gasteiger partial charge >= 0.3 is 0 Å². The van der Waals surface area contributed by atoms with Gasteiger partial charge in [0.05, 0.1) is 0 Å². The zero-order valence-electron chi connectivity index (χ0n) is 33.9. The van der Waals surface area contributed by atoms with Crippen molar-refractivity contribution in [3.63, 3.8) is 0 Å². The van der Waals surface area contributed by atoms with E-state index >= 15 is 0 Å². The first-order valence-corrected chi connectivity index (χ1v) is 21.2. The lowest BCUT2D eigenvalue weighted by molar-refractivity contribution is 0.669. The number of para-hydroxylation sites is 1. The summed E-state index contributed by atoms with van der Waals surface area (Å²) in [5.74, 6) is 0. The number of hydrogen-bond donors (Lipinski definition) is 0. The highest BCUT2D eigenvalue weighted by molar-refractivity contribution is 6.19. The molecule has 0 fully saturated rings. The van der Waals surface area contributed by atoms with Crippen molar-refractivity contribution >= 4 is 71.3 Å². The molecule has 12 aromatic rings. The summed E-state index contributed by atoms with van der Waals surface area (Å²) >= 11 is 0. The molecule has 12 rings (SSSR count). The van der Waals surface area contributed by atoms with Gasteiger partial charge in [0.15, 0.2) is 0 Å². The lowest BCUT2D eigenvalue weighted by Crippen LogP contribution is -2.10. The number of anilines is 3. The zero-order valence-corrected chi connectivity index (χ0v) is 33.9. The fourth-order valence-corrected chi connectivity index (χ4v) is 9.50. The van der Waals surface area contributed by atoms with Crippen molar-refractivity contribution in [2.24, 2.45) is 0 Å². The molecule has 2 heteroatoms. The molecule has 0 aliphatic rings. The van der Waals surface area contributed by atoms with Crippen molar-refractivity contribution in [1.82, 2.24) is 0 Å². The van der Waals surface area contributed by atoms with E-state index in [4.69, 9.17) is 4.42 Å². The van der Waals surface area contributed by atoms with E-state index in [0.29, 0.717) is 0 Å². The molecular weight excluding hydrogens is 751 g/mol. The van der Waals surface area contributed by atoms with Crippen molar-refractivity contribution in [1.29, 1.82) is 0 Å². The van der Waals surface area contributed by atoms with E-state index < -0.39 is 0 Å². The first kappa shape index (κ1) is 35.7. The standard InChI is InChI=1S/C60H39NO/c1-2-14-40(15-3-1)43-17-12-19-48(36-43)61(47-33-30-41(31-34-47)56-38-45-16-4-5-23-52(45)53-24-8-9-25-54(53)56)49-20-13-18-44(37-49)50-21-6-7-22-51(50)46-29-28-42-32-35-59-60(57(42)39-46)55-26-10-11-27-58(55)62-59/h1-39H. The third-order valence-electron chi connectivity index (χ3n) is 12.4. The summed E-state index contributed by atoms with van der Waals surface area (Å²) in [6.45, 7) is 0. The van der Waals surface area contributed by atoms with E-state index in [-0.39, 0.29) is 0 Å². The van der Waals surface area contributed by atoms with Crippen LogP contribution in [0.3, 0.4) is 0 Å². The summed E-state index contributed by atoms with van der Waals surface area (Å²) in [7, 11) is 0. The number of nitrogens with zero attached hydrogens (tertiary/aromatic N) is 1. The average molecular weight is 790 g/mol. The minimum absolute atomic E-state index is 0.909. The van der Waals surface area contributed by atoms with Gasteiger partial charge < -0.3 is 9.32 Å². The highest BCUT2D eigenvalue weighted by Crippen LogP contribution is 2.43. The fourth-order valence-electron chi connectivity index (χ4n) is 9.50. The lowest BCUT2D eigenvalue weighted by Gasteiger charge is -2.27. The highest BCUT2D eigenvalue weighted by Gasteiger charge is 2.18. The third-order valence-corrected chi connectivity index (χ3v) is 12.4. The van der Waals surface area contributed by atoms with Crippen molar-refractivity contribution in [3.8, 4) is 44.5 Å². The largest absolute Gasteiger partial charge is 0.456 e. The van der Waals surface area contributed by atoms with Crippen LogP contribution in [0.5, 0.6) is 0 Å². The quantitative estimate of drug-likeness (QED) is 0.150. The minimum Gasteiger partial charge on any atom is -0.456 e. The lowest BCUT2D eigenvalue weighted by atomic mass is 9.92. The van der Waals surface area contributed by atoms with Gasteiger partial charge in [-0.15, -0.1) is 0 Å². The average Bonchev–Trinajstić information content (AvgIpc) is 3.74. The van der Waals surface area contributed by atoms with E-state index in [2.05, 4.69) is 235 Å². The van der Waals surface area contributed by atoms with Gasteiger partial charge in [-0.3, -0.25) is 0 Å². The molecule has 0 radical (unpaired) electrons. The van der Waals surface area contributed by atoms with Crippen LogP contribution < -0.4 is 4.90 Å². The molecule has 1 aromatic heterocycles. The van der Waals surface area contributed by atoms with E-state index in [9.17, 15) is 0 Å². The van der Waals surface area contributed by atoms with Crippen LogP contribution >= 0.6 is 0 Å². The molecule has 2 nitrogen and oxygen atoms in total. The summed E-state index contributed by atoms with van der Waals surface area (Å²) < 4.78 is 6.30. The van der Waals surface area contributed by atoms with E-state index in [1.165, 1.54) is 71.3 Å². The Morgan fingerprint density at radius 1 is 0.258 bits per heavy atom. The number of rotatable bonds is 7. The first-order chi connectivity index (χ1) is 30.7. The first-order valence-electron chi connectivity index (χ1n) is 21.2. The Morgan fingerprint density at radius 2 is 0.839 bits per heavy atom. The molecule has 0 aliphatic heterocycles. The van der Waals surface area contributed by atoms with Gasteiger partial charge in [0.2, 0.25) is 0 Å². The molecule has 0 bridgehead atoms. The molecule has 0 saturated carbocycles. The fraction of sp³-hybridized carbons (Fsp3) is 0. The van der Waals surface area contributed by atoms with Crippen LogP contribution in [-0.4, -0.2) is 0 Å². The van der Waals surface area contributed by atoms with Gasteiger partial charge in [-0.25, -0.2) is 0 Å². The Balaban J connectivity index is 0.990. The van der Waals surface area contributed by atoms with Gasteiger partial charge in [0.1, 0.15) is 11.2 Å². The molecule has 0 saturated heterocycles. The van der Waals surface area contributed by atoms with Gasteiger partial charge in [-0.2, -0.15) is 0 Å². The van der Waals surface area contributed by atoms with Crippen molar-refractivity contribution in [2.75, 3.05) is 4.90 Å². The molecule has 0 unspecified atom stereocenters. The van der Waals surface area contributed by atoms with Gasteiger partial charge in [-0.1, -0.05) is 176 Å². The minimum atomic E-state index is 0.909. The Kier molecular flexibility index (Phi) is 8.53. The monoisotopic (exact) mass is 789 g/mol. The van der Waals surface area contributed by atoms with Crippen molar-refractivity contribution in [3.05, 3.63) is 237 Å². The summed E-state index contributed by atoms with van der Waals surface area (Å²) in [5, 5.41) is 9.74. The second-order valence-corrected chi connectivity index (χ2v) is 16.1. The van der Waals surface area contributed by atoms with Crippen LogP contribution in [0.25, 0.3) is 98.8 Å². The van der Waals surface area contributed by atoms with Crippen molar-refractivity contribution in [2.45, 2.75) is 0 Å². The highest BCUT2D eigenvalue weighted by atomic mass is 16.3. The molecule has 0 amide bonds. The Labute approximate surface area is 360 Å². The van der Waals surface area contributed by atoms with Crippen LogP contribution in [0.1, 0.15) is 0 Å². The molecule has 1 heterocycles. The molecule has 290 valence electrons. The van der Waals surface area contributed by atoms with E-state index in [1.54, 1.807) is 0 Å². The van der Waals surface area contributed by atoms with Crippen LogP contribution in [0, 0.1) is 0 Å². The zero-order chi connectivity index (χ0) is 41.0. The van der Waals surface area contributed by atoms with Gasteiger partial charge in [0, 0.05) is 27.8 Å². The predicted molar refractivity (Wildman–Crippen MR) is 263 cm³/mol. The van der Waals surface area contributed by atoms with E-state index in [0.717, 1.165) is 44.6 Å². The molecule has 62 heavy (non-hydrogen) atoms. The van der Waals surface area contributed by atoms with Gasteiger partial charge in [0.25, 0.3) is 0 Å². The number of fused-ring (bicyclic) bond motifs is 8. The summed E-state index contributed by atoms with van der Waals surface area (Å²) in [6.07, 6.45) is 0. The molecule has 11 aromatic carbocycles. The number of hydrogen-bond acceptors (Lipinski definition) is 2.